The number of ether oxygens (including phenoxy) is 1. The number of nitrogens with one attached hydrogen (secondary N) is 1. The minimum absolute atomic E-state index is 0.215. The number of hydrogen-bond acceptors (Lipinski definition) is 10. The Morgan fingerprint density at radius 2 is 1.39 bits per heavy atom. The summed E-state index contributed by atoms with van der Waals surface area (Å²) < 4.78 is 17.1. The number of nitrogens with two attached hydrogens (primary N) is 1. The van der Waals surface area contributed by atoms with Crippen LogP contribution in [0.5, 0.6) is 0 Å². The number of halogens is 1. The minimum atomic E-state index is -3.18. The second-order valence-corrected chi connectivity index (χ2v) is 10.3. The van der Waals surface area contributed by atoms with Crippen LogP contribution in [-0.2, 0) is 14.3 Å². The fourth-order valence-corrected chi connectivity index (χ4v) is 4.83. The Kier molecular flexibility index (Phi) is 17.3. The van der Waals surface area contributed by atoms with Crippen LogP contribution in [-0.4, -0.2) is 105 Å². The lowest BCUT2D eigenvalue weighted by Gasteiger charge is -2.47. The van der Waals surface area contributed by atoms with E-state index in [1.807, 2.05) is 0 Å². The van der Waals surface area contributed by atoms with Crippen LogP contribution in [0.4, 0.5) is 4.39 Å². The van der Waals surface area contributed by atoms with E-state index >= 15 is 0 Å². The average molecular weight is 553 g/mol. The molecule has 0 radical (unpaired) electrons. The number of hydrogen-bond donors (Lipinski definition) is 8. The number of carboxylic acids is 1. The number of Topliss-reactive ketones (excluding diaryl/α,β-unsaturated/α-hetero) is 1. The highest BCUT2D eigenvalue weighted by Crippen LogP contribution is 2.35. The van der Waals surface area contributed by atoms with Crippen LogP contribution >= 0.6 is 0 Å². The molecule has 0 amide bonds. The second-order valence-electron chi connectivity index (χ2n) is 10.3. The van der Waals surface area contributed by atoms with Gasteiger partial charge in [0, 0.05) is 0 Å². The van der Waals surface area contributed by atoms with Crippen molar-refractivity contribution in [3.8, 4) is 0 Å². The van der Waals surface area contributed by atoms with Crippen molar-refractivity contribution in [1.29, 1.82) is 0 Å². The monoisotopic (exact) mass is 552 g/mol. The van der Waals surface area contributed by atoms with Crippen LogP contribution in [0.1, 0.15) is 83.5 Å². The molecule has 1 saturated heterocycles. The summed E-state index contributed by atoms with van der Waals surface area (Å²) in [6, 6.07) is -1.51. The molecule has 0 aliphatic carbocycles. The van der Waals surface area contributed by atoms with Crippen LogP contribution in [0.3, 0.4) is 0 Å². The molecule has 2 unspecified atom stereocenters. The molecular formula is C26H49FN2O9. The van der Waals surface area contributed by atoms with E-state index in [9.17, 15) is 39.5 Å². The maximum Gasteiger partial charge on any atom is 0.365 e. The number of aliphatic hydroxyl groups excluding tert-OH is 4. The molecule has 0 aromatic rings. The van der Waals surface area contributed by atoms with Gasteiger partial charge in [0.15, 0.2) is 5.78 Å². The summed E-state index contributed by atoms with van der Waals surface area (Å²) in [5.41, 5.74) is 5.84. The Bertz CT molecular complexity index is 675. The lowest BCUT2D eigenvalue weighted by molar-refractivity contribution is -0.311. The van der Waals surface area contributed by atoms with Gasteiger partial charge in [0.25, 0.3) is 5.79 Å². The molecule has 1 rings (SSSR count). The highest BCUT2D eigenvalue weighted by molar-refractivity contribution is 5.91. The van der Waals surface area contributed by atoms with E-state index in [2.05, 4.69) is 5.32 Å². The van der Waals surface area contributed by atoms with Gasteiger partial charge in [-0.2, -0.15) is 0 Å². The molecule has 1 fully saturated rings. The quantitative estimate of drug-likeness (QED) is 0.0862. The molecule has 0 aromatic heterocycles. The molecule has 1 heterocycles. The molecular weight excluding hydrogens is 503 g/mol. The van der Waals surface area contributed by atoms with Crippen molar-refractivity contribution >= 4 is 11.8 Å². The molecule has 11 nitrogen and oxygen atoms in total. The summed E-state index contributed by atoms with van der Waals surface area (Å²) in [7, 11) is 0. The van der Waals surface area contributed by atoms with Gasteiger partial charge >= 0.3 is 5.97 Å². The van der Waals surface area contributed by atoms with Crippen LogP contribution in [0.15, 0.2) is 0 Å². The average Bonchev–Trinajstić information content (AvgIpc) is 2.89. The molecule has 1 aliphatic rings. The van der Waals surface area contributed by atoms with Crippen molar-refractivity contribution in [2.24, 2.45) is 11.7 Å². The van der Waals surface area contributed by atoms with Crippen molar-refractivity contribution < 1.29 is 49.4 Å². The fourth-order valence-electron chi connectivity index (χ4n) is 4.83. The number of carbonyl (C=O) groups excluding carboxylic acids is 1. The van der Waals surface area contributed by atoms with Gasteiger partial charge < -0.3 is 46.4 Å². The van der Waals surface area contributed by atoms with Gasteiger partial charge in [0.2, 0.25) is 0 Å². The standard InChI is InChI=1S/C26H49FN2O9/c27-14-12-10-8-6-4-2-1-3-5-7-9-11-13-15-29-16-18(31)20-23(34)21(28)24(22(33)19(32)17-30)38-26(20,37)25(35)36/h19-24,29-30,32-34,37H,1-17,28H2,(H,35,36)/t19-,20?,21-,22-,23+,24-,26?/m1/s1. The number of ketones is 1. The van der Waals surface area contributed by atoms with Crippen LogP contribution in [0.25, 0.3) is 0 Å². The molecule has 38 heavy (non-hydrogen) atoms. The van der Waals surface area contributed by atoms with Gasteiger partial charge in [-0.3, -0.25) is 9.18 Å². The third-order valence-electron chi connectivity index (χ3n) is 7.21. The Balaban J connectivity index is 2.30. The lowest BCUT2D eigenvalue weighted by atomic mass is 9.78. The number of carbonyl (C=O) groups is 2. The van der Waals surface area contributed by atoms with Crippen molar-refractivity contribution in [3.05, 3.63) is 0 Å². The SMILES string of the molecule is N[C@H]1[C@H]([C@H](O)[C@H](O)CO)OC(O)(C(=O)O)C(C(=O)CNCCCCCCCCCCCCCCCF)[C@@H]1O. The van der Waals surface area contributed by atoms with Crippen molar-refractivity contribution in [2.75, 3.05) is 26.4 Å². The highest BCUT2D eigenvalue weighted by Gasteiger charge is 2.61. The first-order valence-electron chi connectivity index (χ1n) is 13.9. The van der Waals surface area contributed by atoms with Crippen LogP contribution in [0.2, 0.25) is 0 Å². The topological polar surface area (TPSA) is 203 Å². The molecule has 0 spiro atoms. The highest BCUT2D eigenvalue weighted by atomic mass is 19.1. The molecule has 0 bridgehead atoms. The third kappa shape index (κ3) is 11.1. The first-order chi connectivity index (χ1) is 18.1. The van der Waals surface area contributed by atoms with Crippen LogP contribution < -0.4 is 11.1 Å². The largest absolute Gasteiger partial charge is 0.477 e. The number of rotatable bonds is 22. The number of carboxylic acid groups (broad SMARTS) is 1. The zero-order chi connectivity index (χ0) is 28.6. The van der Waals surface area contributed by atoms with E-state index in [1.165, 1.54) is 38.5 Å². The van der Waals surface area contributed by atoms with Gasteiger partial charge in [-0.05, 0) is 19.4 Å². The molecule has 12 heteroatoms. The maximum atomic E-state index is 12.7. The summed E-state index contributed by atoms with van der Waals surface area (Å²) in [4.78, 5) is 24.5. The van der Waals surface area contributed by atoms with E-state index in [0.29, 0.717) is 13.0 Å². The molecule has 9 N–H and O–H groups in total. The number of unbranched alkanes of at least 4 members (excludes halogenated alkanes) is 12. The van der Waals surface area contributed by atoms with E-state index < -0.39 is 60.5 Å². The summed E-state index contributed by atoms with van der Waals surface area (Å²) in [6.45, 7) is -0.952. The number of alkyl halides is 1. The van der Waals surface area contributed by atoms with Gasteiger partial charge in [-0.25, -0.2) is 4.79 Å². The summed E-state index contributed by atoms with van der Waals surface area (Å²) in [6.07, 6.45) is 6.64. The third-order valence-corrected chi connectivity index (χ3v) is 7.21. The molecule has 7 atom stereocenters. The van der Waals surface area contributed by atoms with Crippen molar-refractivity contribution in [2.45, 2.75) is 120 Å². The van der Waals surface area contributed by atoms with E-state index in [-0.39, 0.29) is 13.2 Å². The van der Waals surface area contributed by atoms with Gasteiger partial charge in [0.1, 0.15) is 24.2 Å². The predicted molar refractivity (Wildman–Crippen MR) is 138 cm³/mol. The fraction of sp³-hybridized carbons (Fsp3) is 0.923. The van der Waals surface area contributed by atoms with Gasteiger partial charge in [-0.1, -0.05) is 70.6 Å². The summed E-state index contributed by atoms with van der Waals surface area (Å²) >= 11 is 0. The van der Waals surface area contributed by atoms with Gasteiger partial charge in [0.05, 0.1) is 32.0 Å². The smallest absolute Gasteiger partial charge is 0.365 e. The minimum Gasteiger partial charge on any atom is -0.477 e. The summed E-state index contributed by atoms with van der Waals surface area (Å²) in [5, 5.41) is 62.4. The lowest BCUT2D eigenvalue weighted by Crippen LogP contribution is -2.72. The second kappa shape index (κ2) is 18.9. The van der Waals surface area contributed by atoms with E-state index in [4.69, 9.17) is 15.6 Å². The van der Waals surface area contributed by atoms with E-state index in [0.717, 1.165) is 38.5 Å². The zero-order valence-electron chi connectivity index (χ0n) is 22.3. The Labute approximate surface area is 224 Å². The first kappa shape index (κ1) is 34.8. The summed E-state index contributed by atoms with van der Waals surface area (Å²) in [5.74, 6) is -7.88. The zero-order valence-corrected chi connectivity index (χ0v) is 22.3. The first-order valence-corrected chi connectivity index (χ1v) is 13.9. The Hall–Kier alpha value is -1.25. The number of aliphatic carboxylic acids is 1. The number of aliphatic hydroxyl groups is 5. The van der Waals surface area contributed by atoms with E-state index in [1.54, 1.807) is 0 Å². The molecule has 0 saturated carbocycles. The predicted octanol–water partition coefficient (Wildman–Crippen LogP) is 0.376. The van der Waals surface area contributed by atoms with Gasteiger partial charge in [-0.15, -0.1) is 0 Å². The molecule has 224 valence electrons. The normalized spacial score (nSPS) is 27.2. The maximum absolute atomic E-state index is 12.7. The Morgan fingerprint density at radius 3 is 1.84 bits per heavy atom. The molecule has 0 aromatic carbocycles. The van der Waals surface area contributed by atoms with Crippen molar-refractivity contribution in [3.63, 3.8) is 0 Å². The van der Waals surface area contributed by atoms with Crippen LogP contribution in [0, 0.1) is 5.92 Å². The molecule has 1 aliphatic heterocycles. The van der Waals surface area contributed by atoms with Crippen molar-refractivity contribution in [1.82, 2.24) is 5.32 Å². The Morgan fingerprint density at radius 1 is 0.921 bits per heavy atom.